The number of carbonyl (C=O) groups is 2. The summed E-state index contributed by atoms with van der Waals surface area (Å²) in [6.45, 7) is 16.8. The number of pyridine rings is 1. The van der Waals surface area contributed by atoms with E-state index >= 15 is 8.78 Å². The summed E-state index contributed by atoms with van der Waals surface area (Å²) in [6.07, 6.45) is 3.36. The molecule has 5 aliphatic rings. The Hall–Kier alpha value is -4.96. The molecule has 2 amide bonds. The molecule has 2 atom stereocenters. The maximum Gasteiger partial charge on any atom is 0.412 e. The van der Waals surface area contributed by atoms with E-state index in [0.29, 0.717) is 42.0 Å². The summed E-state index contributed by atoms with van der Waals surface area (Å²) in [5.41, 5.74) is -0.466. The predicted molar refractivity (Wildman–Crippen MR) is 229 cm³/mol. The number of amides is 2. The van der Waals surface area contributed by atoms with Gasteiger partial charge in [0.15, 0.2) is 11.6 Å². The molecule has 330 valence electrons. The molecule has 7 heterocycles. The Balaban J connectivity index is 1.16. The Kier molecular flexibility index (Phi) is 10.7. The number of fused-ring (bicyclic) bond motifs is 6. The average Bonchev–Trinajstić information content (AvgIpc) is 3.47. The normalized spacial score (nSPS) is 21.3. The minimum Gasteiger partial charge on any atom is -0.463 e. The number of nitrogens with one attached hydrogen (secondary N) is 1. The molecule has 0 spiro atoms. The Bertz CT molecular complexity index is 2490. The van der Waals surface area contributed by atoms with Gasteiger partial charge in [-0.25, -0.2) is 18.4 Å². The highest BCUT2D eigenvalue weighted by atomic mass is 32.1. The number of nitriles is 1. The molecule has 1 N–H and O–H groups in total. The fourth-order valence-corrected chi connectivity index (χ4v) is 10.3. The number of hydrogen-bond donors (Lipinski definition) is 1. The van der Waals surface area contributed by atoms with Gasteiger partial charge in [-0.15, -0.1) is 11.3 Å². The first kappa shape index (κ1) is 42.3. The van der Waals surface area contributed by atoms with Crippen LogP contribution in [-0.2, 0) is 27.4 Å². The number of ether oxygens (including phenoxy) is 4. The molecule has 4 fully saturated rings. The molecule has 4 aromatic rings. The highest BCUT2D eigenvalue weighted by Gasteiger charge is 2.47. The molecule has 1 aromatic carbocycles. The van der Waals surface area contributed by atoms with Crippen LogP contribution in [0.1, 0.15) is 83.9 Å². The number of likely N-dealkylation sites (tertiary alicyclic amines) is 1. The molecule has 1 aliphatic carbocycles. The number of aromatic nitrogens is 3. The quantitative estimate of drug-likeness (QED) is 0.187. The Morgan fingerprint density at radius 1 is 0.984 bits per heavy atom. The van der Waals surface area contributed by atoms with Crippen LogP contribution in [0.25, 0.3) is 32.2 Å². The van der Waals surface area contributed by atoms with E-state index in [2.05, 4.69) is 38.1 Å². The number of nitrogens with zero attached hydrogens (tertiary/aromatic N) is 8. The molecule has 62 heavy (non-hydrogen) atoms. The van der Waals surface area contributed by atoms with Gasteiger partial charge in [0.25, 0.3) is 0 Å². The minimum absolute atomic E-state index is 0.0118. The van der Waals surface area contributed by atoms with Crippen LogP contribution in [-0.4, -0.2) is 125 Å². The molecule has 1 saturated carbocycles. The van der Waals surface area contributed by atoms with E-state index in [9.17, 15) is 14.9 Å². The Labute approximate surface area is 363 Å². The number of piperazine rings is 2. The van der Waals surface area contributed by atoms with Gasteiger partial charge in [0.2, 0.25) is 0 Å². The van der Waals surface area contributed by atoms with E-state index in [1.807, 2.05) is 20.8 Å². The summed E-state index contributed by atoms with van der Waals surface area (Å²) in [5.74, 6) is -0.969. The van der Waals surface area contributed by atoms with Crippen LogP contribution in [0.2, 0.25) is 0 Å². The van der Waals surface area contributed by atoms with Gasteiger partial charge in [0.05, 0.1) is 47.4 Å². The van der Waals surface area contributed by atoms with Gasteiger partial charge < -0.3 is 38.5 Å². The average molecular weight is 874 g/mol. The van der Waals surface area contributed by atoms with Crippen LogP contribution in [0.15, 0.2) is 6.20 Å². The number of anilines is 2. The van der Waals surface area contributed by atoms with E-state index in [0.717, 1.165) is 75.9 Å². The molecule has 3 aromatic heterocycles. The van der Waals surface area contributed by atoms with Crippen molar-refractivity contribution in [2.45, 2.75) is 104 Å². The molecule has 2 bridgehead atoms. The number of thiophene rings is 1. The first-order valence-electron chi connectivity index (χ1n) is 21.3. The number of benzene rings is 1. The van der Waals surface area contributed by atoms with Crippen molar-refractivity contribution in [2.24, 2.45) is 5.41 Å². The van der Waals surface area contributed by atoms with Crippen LogP contribution in [0.4, 0.5) is 29.2 Å². The fraction of sp³-hybridized carbons (Fsp3) is 0.591. The van der Waals surface area contributed by atoms with E-state index in [4.69, 9.17) is 28.9 Å². The van der Waals surface area contributed by atoms with Crippen molar-refractivity contribution in [3.63, 3.8) is 0 Å². The Morgan fingerprint density at radius 3 is 2.31 bits per heavy atom. The number of halogens is 2. The maximum atomic E-state index is 18.0. The fourth-order valence-electron chi connectivity index (χ4n) is 9.29. The summed E-state index contributed by atoms with van der Waals surface area (Å²) in [6, 6.07) is 1.85. The zero-order valence-electron chi connectivity index (χ0n) is 36.3. The van der Waals surface area contributed by atoms with Crippen LogP contribution in [0.5, 0.6) is 6.01 Å². The summed E-state index contributed by atoms with van der Waals surface area (Å²) < 4.78 is 57.4. The van der Waals surface area contributed by atoms with Crippen LogP contribution >= 0.6 is 11.3 Å². The number of rotatable bonds is 8. The van der Waals surface area contributed by atoms with Crippen molar-refractivity contribution < 1.29 is 37.3 Å². The first-order valence-corrected chi connectivity index (χ1v) is 22.2. The second kappa shape index (κ2) is 15.7. The first-order chi connectivity index (χ1) is 29.4. The summed E-state index contributed by atoms with van der Waals surface area (Å²) >= 11 is 0.846. The smallest absolute Gasteiger partial charge is 0.412 e. The van der Waals surface area contributed by atoms with Crippen LogP contribution in [0, 0.1) is 28.4 Å². The third-order valence-corrected chi connectivity index (χ3v) is 13.5. The summed E-state index contributed by atoms with van der Waals surface area (Å²) in [7, 11) is 2.14. The molecule has 9 rings (SSSR count). The van der Waals surface area contributed by atoms with E-state index in [-0.39, 0.29) is 80.2 Å². The molecular weight excluding hydrogens is 821 g/mol. The predicted octanol–water partition coefficient (Wildman–Crippen LogP) is 7.43. The molecule has 0 radical (unpaired) electrons. The maximum absolute atomic E-state index is 18.0. The number of carbonyl (C=O) groups excluding carboxylic acids is 2. The molecule has 18 heteroatoms. The van der Waals surface area contributed by atoms with Crippen LogP contribution < -0.4 is 15.0 Å². The topological polar surface area (TPSA) is 159 Å². The number of likely N-dealkylation sites (N-methyl/N-ethyl adjacent to an activating group) is 1. The van der Waals surface area contributed by atoms with E-state index in [1.54, 1.807) is 25.7 Å². The Morgan fingerprint density at radius 2 is 1.66 bits per heavy atom. The van der Waals surface area contributed by atoms with E-state index < -0.39 is 28.9 Å². The van der Waals surface area contributed by atoms with Crippen molar-refractivity contribution in [3.05, 3.63) is 34.5 Å². The van der Waals surface area contributed by atoms with Gasteiger partial charge in [-0.05, 0) is 85.4 Å². The van der Waals surface area contributed by atoms with Gasteiger partial charge in [-0.1, -0.05) is 0 Å². The SMILES string of the molecule is CN1CCN(CC2(COc3nc(N4C5CCC4CN(C(=O)OC(C)(C)C)C5)c4c5c(c(-c6ncc(F)c7sc(NC(=O)OC(C)(C)C)c(C#N)c67)c(F)c4n3)COC5)CC2)CC1. The van der Waals surface area contributed by atoms with Crippen molar-refractivity contribution in [1.82, 2.24) is 29.7 Å². The van der Waals surface area contributed by atoms with Gasteiger partial charge in [0, 0.05) is 74.3 Å². The van der Waals surface area contributed by atoms with E-state index in [1.165, 1.54) is 0 Å². The lowest BCUT2D eigenvalue weighted by Crippen LogP contribution is -2.56. The third kappa shape index (κ3) is 8.08. The third-order valence-electron chi connectivity index (χ3n) is 12.4. The lowest BCUT2D eigenvalue weighted by atomic mass is 9.93. The zero-order valence-corrected chi connectivity index (χ0v) is 37.1. The largest absolute Gasteiger partial charge is 0.463 e. The number of hydrogen-bond acceptors (Lipinski definition) is 14. The molecule has 2 unspecified atom stereocenters. The highest BCUT2D eigenvalue weighted by Crippen LogP contribution is 2.50. The van der Waals surface area contributed by atoms with Gasteiger partial charge in [-0.3, -0.25) is 10.3 Å². The molecule has 3 saturated heterocycles. The molecular formula is C44H53F2N9O6S. The zero-order chi connectivity index (χ0) is 43.9. The standard InChI is InChI=1S/C44H53F2N9O6S/c1-42(2,3)60-40(56)51-38-26(16-47)31-34(48-17-29(45)36(31)62-38)30-27-20-58-21-28(27)32-35(33(30)46)49-39(59-23-44(10-11-44)22-53-14-12-52(7)13-15-53)50-37(32)55-24-8-9-25(55)19-54(18-24)41(57)61-43(4,5)6/h17,24-25H,8-15,18-23H2,1-7H3,(H,51,56). The van der Waals surface area contributed by atoms with Gasteiger partial charge in [-0.2, -0.15) is 15.2 Å². The van der Waals surface area contributed by atoms with Gasteiger partial charge >= 0.3 is 18.2 Å². The van der Waals surface area contributed by atoms with Crippen molar-refractivity contribution >= 4 is 55.3 Å². The minimum atomic E-state index is -0.835. The highest BCUT2D eigenvalue weighted by molar-refractivity contribution is 7.23. The second-order valence-electron chi connectivity index (χ2n) is 19.4. The second-order valence-corrected chi connectivity index (χ2v) is 20.5. The summed E-state index contributed by atoms with van der Waals surface area (Å²) in [4.78, 5) is 49.3. The van der Waals surface area contributed by atoms with Crippen molar-refractivity contribution in [2.75, 3.05) is 69.7 Å². The monoisotopic (exact) mass is 873 g/mol. The van der Waals surface area contributed by atoms with Crippen molar-refractivity contribution in [1.29, 1.82) is 5.26 Å². The molecule has 4 aliphatic heterocycles. The van der Waals surface area contributed by atoms with Gasteiger partial charge in [0.1, 0.15) is 33.6 Å². The molecule has 15 nitrogen and oxygen atoms in total. The van der Waals surface area contributed by atoms with Crippen molar-refractivity contribution in [3.8, 4) is 23.3 Å². The van der Waals surface area contributed by atoms with Crippen LogP contribution in [0.3, 0.4) is 0 Å². The lowest BCUT2D eigenvalue weighted by Gasteiger charge is -2.42. The summed E-state index contributed by atoms with van der Waals surface area (Å²) in [5, 5.41) is 13.7. The lowest BCUT2D eigenvalue weighted by molar-refractivity contribution is 0.0209.